The predicted molar refractivity (Wildman–Crippen MR) is 67.6 cm³/mol. The number of carbonyl (C=O) groups excluding carboxylic acids is 2. The second-order valence-corrected chi connectivity index (χ2v) is 4.21. The molecule has 0 saturated carbocycles. The molecule has 18 heavy (non-hydrogen) atoms. The Bertz CT molecular complexity index is 717. The fourth-order valence-corrected chi connectivity index (χ4v) is 2.07. The molecule has 4 heteroatoms. The summed E-state index contributed by atoms with van der Waals surface area (Å²) >= 11 is 0. The SMILES string of the molecule is Cc1ccc2cccc(C3=CC(=O)NC3=O)c2n1. The van der Waals surface area contributed by atoms with Gasteiger partial charge in [-0.25, -0.2) is 0 Å². The number of hydrogen-bond acceptors (Lipinski definition) is 3. The minimum Gasteiger partial charge on any atom is -0.289 e. The molecule has 2 amide bonds. The average molecular weight is 238 g/mol. The summed E-state index contributed by atoms with van der Waals surface area (Å²) < 4.78 is 0. The maximum absolute atomic E-state index is 11.7. The first kappa shape index (κ1) is 10.7. The van der Waals surface area contributed by atoms with Crippen molar-refractivity contribution < 1.29 is 9.59 Å². The Labute approximate surface area is 103 Å². The zero-order valence-corrected chi connectivity index (χ0v) is 9.73. The molecule has 0 spiro atoms. The van der Waals surface area contributed by atoms with Crippen molar-refractivity contribution in [1.82, 2.24) is 10.3 Å². The molecule has 0 bridgehead atoms. The molecule has 1 N–H and O–H groups in total. The second-order valence-electron chi connectivity index (χ2n) is 4.21. The fourth-order valence-electron chi connectivity index (χ4n) is 2.07. The molecule has 0 unspecified atom stereocenters. The minimum absolute atomic E-state index is 0.365. The van der Waals surface area contributed by atoms with E-state index < -0.39 is 0 Å². The van der Waals surface area contributed by atoms with Crippen molar-refractivity contribution >= 4 is 28.3 Å². The van der Waals surface area contributed by atoms with Gasteiger partial charge in [0.1, 0.15) is 0 Å². The van der Waals surface area contributed by atoms with Gasteiger partial charge in [-0.15, -0.1) is 0 Å². The van der Waals surface area contributed by atoms with Crippen LogP contribution < -0.4 is 5.32 Å². The van der Waals surface area contributed by atoms with E-state index in [9.17, 15) is 9.59 Å². The summed E-state index contributed by atoms with van der Waals surface area (Å²) in [5.74, 6) is -0.740. The van der Waals surface area contributed by atoms with Gasteiger partial charge in [0.25, 0.3) is 11.8 Å². The van der Waals surface area contributed by atoms with Gasteiger partial charge in [0, 0.05) is 22.7 Å². The van der Waals surface area contributed by atoms with Crippen LogP contribution in [0.4, 0.5) is 0 Å². The van der Waals surface area contributed by atoms with E-state index in [0.29, 0.717) is 11.1 Å². The number of aromatic nitrogens is 1. The number of pyridine rings is 1. The highest BCUT2D eigenvalue weighted by Gasteiger charge is 2.23. The normalized spacial score (nSPS) is 14.8. The summed E-state index contributed by atoms with van der Waals surface area (Å²) in [4.78, 5) is 27.3. The first-order chi connectivity index (χ1) is 8.65. The molecule has 0 radical (unpaired) electrons. The number of para-hydroxylation sites is 1. The van der Waals surface area contributed by atoms with Gasteiger partial charge < -0.3 is 0 Å². The topological polar surface area (TPSA) is 59.1 Å². The van der Waals surface area contributed by atoms with E-state index in [2.05, 4.69) is 10.3 Å². The number of rotatable bonds is 1. The molecule has 2 aromatic rings. The molecule has 1 aliphatic heterocycles. The first-order valence-corrected chi connectivity index (χ1v) is 5.59. The smallest absolute Gasteiger partial charge is 0.258 e. The van der Waals surface area contributed by atoms with E-state index in [1.165, 1.54) is 6.08 Å². The van der Waals surface area contributed by atoms with Crippen LogP contribution in [-0.2, 0) is 9.59 Å². The number of amides is 2. The zero-order valence-electron chi connectivity index (χ0n) is 9.73. The Kier molecular flexibility index (Phi) is 2.23. The number of carbonyl (C=O) groups is 2. The quantitative estimate of drug-likeness (QED) is 0.767. The van der Waals surface area contributed by atoms with E-state index >= 15 is 0 Å². The van der Waals surface area contributed by atoms with E-state index in [4.69, 9.17) is 0 Å². The van der Waals surface area contributed by atoms with Crippen molar-refractivity contribution in [3.05, 3.63) is 47.7 Å². The molecule has 0 fully saturated rings. The molecule has 0 saturated heterocycles. The van der Waals surface area contributed by atoms with Gasteiger partial charge in [-0.3, -0.25) is 19.9 Å². The van der Waals surface area contributed by atoms with Crippen LogP contribution in [0.25, 0.3) is 16.5 Å². The number of hydrogen-bond donors (Lipinski definition) is 1. The molecular formula is C14H10N2O2. The summed E-state index contributed by atoms with van der Waals surface area (Å²) in [6.45, 7) is 1.89. The van der Waals surface area contributed by atoms with Crippen molar-refractivity contribution in [3.8, 4) is 0 Å². The lowest BCUT2D eigenvalue weighted by molar-refractivity contribution is -0.123. The maximum atomic E-state index is 11.7. The van der Waals surface area contributed by atoms with Crippen LogP contribution in [0.1, 0.15) is 11.3 Å². The third-order valence-corrected chi connectivity index (χ3v) is 2.91. The summed E-state index contributed by atoms with van der Waals surface area (Å²) in [5, 5.41) is 3.20. The van der Waals surface area contributed by atoms with Gasteiger partial charge in [0.05, 0.1) is 11.1 Å². The van der Waals surface area contributed by atoms with Crippen molar-refractivity contribution in [1.29, 1.82) is 0 Å². The van der Waals surface area contributed by atoms with Crippen LogP contribution in [0.3, 0.4) is 0 Å². The maximum Gasteiger partial charge on any atom is 0.258 e. The first-order valence-electron chi connectivity index (χ1n) is 5.59. The monoisotopic (exact) mass is 238 g/mol. The molecule has 1 aliphatic rings. The van der Waals surface area contributed by atoms with E-state index in [-0.39, 0.29) is 11.8 Å². The average Bonchev–Trinajstić information content (AvgIpc) is 2.67. The third kappa shape index (κ3) is 1.59. The summed E-state index contributed by atoms with van der Waals surface area (Å²) in [7, 11) is 0. The van der Waals surface area contributed by atoms with Gasteiger partial charge in [-0.2, -0.15) is 0 Å². The third-order valence-electron chi connectivity index (χ3n) is 2.91. The van der Waals surface area contributed by atoms with Gasteiger partial charge in [-0.05, 0) is 13.0 Å². The fraction of sp³-hybridized carbons (Fsp3) is 0.0714. The molecule has 3 rings (SSSR count). The number of nitrogens with one attached hydrogen (secondary N) is 1. The van der Waals surface area contributed by atoms with Crippen LogP contribution in [0.2, 0.25) is 0 Å². The Morgan fingerprint density at radius 2 is 1.94 bits per heavy atom. The van der Waals surface area contributed by atoms with Crippen LogP contribution in [0, 0.1) is 6.92 Å². The second kappa shape index (κ2) is 3.77. The van der Waals surface area contributed by atoms with Crippen molar-refractivity contribution in [2.24, 2.45) is 0 Å². The van der Waals surface area contributed by atoms with Crippen LogP contribution in [0.5, 0.6) is 0 Å². The molecule has 0 atom stereocenters. The van der Waals surface area contributed by atoms with Gasteiger partial charge >= 0.3 is 0 Å². The van der Waals surface area contributed by atoms with E-state index in [0.717, 1.165) is 16.6 Å². The Balaban J connectivity index is 2.30. The van der Waals surface area contributed by atoms with Crippen LogP contribution in [-0.4, -0.2) is 16.8 Å². The zero-order chi connectivity index (χ0) is 12.7. The van der Waals surface area contributed by atoms with Gasteiger partial charge in [0.2, 0.25) is 0 Å². The highest BCUT2D eigenvalue weighted by molar-refractivity contribution is 6.34. The molecule has 4 nitrogen and oxygen atoms in total. The molecule has 1 aromatic carbocycles. The number of nitrogens with zero attached hydrogens (tertiary/aromatic N) is 1. The van der Waals surface area contributed by atoms with Crippen molar-refractivity contribution in [2.45, 2.75) is 6.92 Å². The largest absolute Gasteiger partial charge is 0.289 e. The Morgan fingerprint density at radius 1 is 1.11 bits per heavy atom. The van der Waals surface area contributed by atoms with Crippen molar-refractivity contribution in [3.63, 3.8) is 0 Å². The summed E-state index contributed by atoms with van der Waals surface area (Å²) in [5.41, 5.74) is 2.69. The number of benzene rings is 1. The highest BCUT2D eigenvalue weighted by Crippen LogP contribution is 2.25. The van der Waals surface area contributed by atoms with E-state index in [1.807, 2.05) is 31.2 Å². The van der Waals surface area contributed by atoms with Gasteiger partial charge in [0.15, 0.2) is 0 Å². The minimum atomic E-state index is -0.375. The Hall–Kier alpha value is -2.49. The molecule has 1 aromatic heterocycles. The lowest BCUT2D eigenvalue weighted by atomic mass is 10.0. The lowest BCUT2D eigenvalue weighted by Gasteiger charge is -2.06. The highest BCUT2D eigenvalue weighted by atomic mass is 16.2. The summed E-state index contributed by atoms with van der Waals surface area (Å²) in [6, 6.07) is 9.46. The molecule has 2 heterocycles. The number of aryl methyl sites for hydroxylation is 1. The van der Waals surface area contributed by atoms with Crippen molar-refractivity contribution in [2.75, 3.05) is 0 Å². The molecular weight excluding hydrogens is 228 g/mol. The number of imide groups is 1. The number of fused-ring (bicyclic) bond motifs is 1. The van der Waals surface area contributed by atoms with Gasteiger partial charge in [-0.1, -0.05) is 24.3 Å². The standard InChI is InChI=1S/C14H10N2O2/c1-8-5-6-9-3-2-4-10(13(9)15-8)11-7-12(17)16-14(11)18/h2-7H,1H3,(H,16,17,18). The molecule has 88 valence electrons. The van der Waals surface area contributed by atoms with Crippen LogP contribution >= 0.6 is 0 Å². The van der Waals surface area contributed by atoms with Crippen LogP contribution in [0.15, 0.2) is 36.4 Å². The van der Waals surface area contributed by atoms with E-state index in [1.54, 1.807) is 6.07 Å². The summed E-state index contributed by atoms with van der Waals surface area (Å²) in [6.07, 6.45) is 1.32. The Morgan fingerprint density at radius 3 is 2.67 bits per heavy atom. The predicted octanol–water partition coefficient (Wildman–Crippen LogP) is 1.58. The molecule has 0 aliphatic carbocycles. The lowest BCUT2D eigenvalue weighted by Crippen LogP contribution is -2.21.